The van der Waals surface area contributed by atoms with Gasteiger partial charge in [-0.15, -0.1) is 0 Å². The number of aromatic nitrogens is 1. The average Bonchev–Trinajstić information content (AvgIpc) is 3.16. The second kappa shape index (κ2) is 10.4. The second-order valence-electron chi connectivity index (χ2n) is 8.82. The number of ether oxygens (including phenoxy) is 1. The fourth-order valence-corrected chi connectivity index (χ4v) is 4.76. The third kappa shape index (κ3) is 5.91. The van der Waals surface area contributed by atoms with Crippen LogP contribution in [0.3, 0.4) is 0 Å². The van der Waals surface area contributed by atoms with Gasteiger partial charge < -0.3 is 14.6 Å². The number of rotatable bonds is 7. The summed E-state index contributed by atoms with van der Waals surface area (Å²) in [5, 5.41) is 2.78. The number of nitrogens with one attached hydrogen (secondary N) is 1. The van der Waals surface area contributed by atoms with Crippen molar-refractivity contribution in [3.63, 3.8) is 0 Å². The van der Waals surface area contributed by atoms with Crippen LogP contribution < -0.4 is 10.1 Å². The molecule has 0 fully saturated rings. The van der Waals surface area contributed by atoms with E-state index in [4.69, 9.17) is 4.74 Å². The average molecular weight is 543 g/mol. The maximum absolute atomic E-state index is 13.6. The van der Waals surface area contributed by atoms with Gasteiger partial charge in [0, 0.05) is 29.4 Å². The van der Waals surface area contributed by atoms with E-state index in [2.05, 4.69) is 5.32 Å². The van der Waals surface area contributed by atoms with Crippen molar-refractivity contribution in [1.29, 1.82) is 0 Å². The van der Waals surface area contributed by atoms with Crippen LogP contribution >= 0.6 is 0 Å². The van der Waals surface area contributed by atoms with E-state index in [-0.39, 0.29) is 22.8 Å². The first-order valence-corrected chi connectivity index (χ1v) is 13.4. The molecule has 1 N–H and O–H groups in total. The van der Waals surface area contributed by atoms with Crippen molar-refractivity contribution in [2.75, 3.05) is 11.6 Å². The van der Waals surface area contributed by atoms with Crippen LogP contribution in [0.15, 0.2) is 83.8 Å². The van der Waals surface area contributed by atoms with E-state index < -0.39 is 27.5 Å². The summed E-state index contributed by atoms with van der Waals surface area (Å²) >= 11 is 0. The van der Waals surface area contributed by atoms with E-state index in [1.54, 1.807) is 56.3 Å². The number of benzene rings is 3. The van der Waals surface area contributed by atoms with E-state index >= 15 is 0 Å². The lowest BCUT2D eigenvalue weighted by molar-refractivity contribution is -0.137. The number of anilines is 1. The van der Waals surface area contributed by atoms with Gasteiger partial charge in [0.1, 0.15) is 12.4 Å². The molecular formula is C28H25F3N2O4S. The number of hydrogen-bond donors (Lipinski definition) is 1. The highest BCUT2D eigenvalue weighted by Gasteiger charge is 2.34. The summed E-state index contributed by atoms with van der Waals surface area (Å²) in [5.41, 5.74) is 1.49. The van der Waals surface area contributed by atoms with Crippen molar-refractivity contribution in [2.24, 2.45) is 0 Å². The summed E-state index contributed by atoms with van der Waals surface area (Å²) in [4.78, 5) is 13.3. The van der Waals surface area contributed by atoms with Crippen LogP contribution in [-0.4, -0.2) is 25.1 Å². The van der Waals surface area contributed by atoms with E-state index in [9.17, 15) is 26.4 Å². The Morgan fingerprint density at radius 3 is 2.29 bits per heavy atom. The lowest BCUT2D eigenvalue weighted by Gasteiger charge is -2.17. The molecule has 0 aliphatic heterocycles. The van der Waals surface area contributed by atoms with Gasteiger partial charge in [0.05, 0.1) is 21.7 Å². The fraction of sp³-hybridized carbons (Fsp3) is 0.179. The molecule has 0 aliphatic carbocycles. The molecule has 1 aromatic heterocycles. The molecule has 0 saturated heterocycles. The number of halogens is 3. The summed E-state index contributed by atoms with van der Waals surface area (Å²) in [6.07, 6.45) is -3.41. The van der Waals surface area contributed by atoms with Gasteiger partial charge >= 0.3 is 6.18 Å². The Morgan fingerprint density at radius 2 is 1.63 bits per heavy atom. The molecule has 0 bridgehead atoms. The first-order chi connectivity index (χ1) is 17.8. The summed E-state index contributed by atoms with van der Waals surface area (Å²) in [6.45, 7) is 3.43. The van der Waals surface area contributed by atoms with Crippen molar-refractivity contribution in [3.05, 3.63) is 107 Å². The first-order valence-electron chi connectivity index (χ1n) is 11.5. The number of hydrogen-bond acceptors (Lipinski definition) is 4. The maximum atomic E-state index is 13.6. The molecule has 6 nitrogen and oxygen atoms in total. The monoisotopic (exact) mass is 542 g/mol. The van der Waals surface area contributed by atoms with Gasteiger partial charge in [-0.1, -0.05) is 30.3 Å². The summed E-state index contributed by atoms with van der Waals surface area (Å²) < 4.78 is 71.2. The molecular weight excluding hydrogens is 517 g/mol. The minimum atomic E-state index is -4.54. The molecule has 10 heteroatoms. The summed E-state index contributed by atoms with van der Waals surface area (Å²) in [5.74, 6) is 0.00178. The normalized spacial score (nSPS) is 11.8. The van der Waals surface area contributed by atoms with Gasteiger partial charge in [-0.25, -0.2) is 8.42 Å². The van der Waals surface area contributed by atoms with Gasteiger partial charge in [-0.3, -0.25) is 4.79 Å². The third-order valence-electron chi connectivity index (χ3n) is 5.98. The Hall–Kier alpha value is -4.05. The number of sulfone groups is 1. The van der Waals surface area contributed by atoms with E-state index in [0.717, 1.165) is 17.9 Å². The molecule has 1 heterocycles. The predicted molar refractivity (Wildman–Crippen MR) is 139 cm³/mol. The number of alkyl halides is 3. The zero-order valence-electron chi connectivity index (χ0n) is 20.8. The summed E-state index contributed by atoms with van der Waals surface area (Å²) in [7, 11) is -3.29. The molecule has 0 radical (unpaired) electrons. The highest BCUT2D eigenvalue weighted by molar-refractivity contribution is 7.90. The van der Waals surface area contributed by atoms with E-state index in [1.807, 2.05) is 0 Å². The number of nitrogens with zero attached hydrogens (tertiary/aromatic N) is 1. The van der Waals surface area contributed by atoms with Crippen LogP contribution in [0.25, 0.3) is 5.69 Å². The minimum Gasteiger partial charge on any atom is -0.489 e. The van der Waals surface area contributed by atoms with Crippen LogP contribution in [0.4, 0.5) is 18.9 Å². The van der Waals surface area contributed by atoms with Gasteiger partial charge in [0.2, 0.25) is 0 Å². The zero-order valence-corrected chi connectivity index (χ0v) is 21.7. The summed E-state index contributed by atoms with van der Waals surface area (Å²) in [6, 6.07) is 19.8. The molecule has 3 aromatic carbocycles. The highest BCUT2D eigenvalue weighted by Crippen LogP contribution is 2.35. The van der Waals surface area contributed by atoms with Crippen molar-refractivity contribution >= 4 is 21.4 Å². The zero-order chi connectivity index (χ0) is 27.7. The van der Waals surface area contributed by atoms with Crippen molar-refractivity contribution in [2.45, 2.75) is 31.5 Å². The Kier molecular flexibility index (Phi) is 7.37. The molecule has 198 valence electrons. The standard InChI is InChI=1S/C28H25F3N2O4S/c1-18-15-24(19(2)33(18)26-10-5-4-9-25(26)28(29,30)31)27(34)32-21-7-6-8-22(16-21)37-17-20-11-13-23(14-12-20)38(3,35)36/h4-16H,17H2,1-3H3,(H,32,34). The SMILES string of the molecule is Cc1cc(C(=O)Nc2cccc(OCc3ccc(S(C)(=O)=O)cc3)c2)c(C)n1-c1ccccc1C(F)(F)F. The van der Waals surface area contributed by atoms with Crippen molar-refractivity contribution in [3.8, 4) is 11.4 Å². The van der Waals surface area contributed by atoms with Crippen LogP contribution in [0.1, 0.15) is 32.9 Å². The Balaban J connectivity index is 1.50. The van der Waals surface area contributed by atoms with E-state index in [1.165, 1.54) is 34.9 Å². The van der Waals surface area contributed by atoms with Crippen molar-refractivity contribution in [1.82, 2.24) is 4.57 Å². The lowest BCUT2D eigenvalue weighted by Crippen LogP contribution is -2.15. The predicted octanol–water partition coefficient (Wildman–Crippen LogP) is 6.35. The molecule has 0 spiro atoms. The second-order valence-corrected chi connectivity index (χ2v) is 10.8. The Labute approximate surface area is 218 Å². The quantitative estimate of drug-likeness (QED) is 0.295. The van der Waals surface area contributed by atoms with Crippen LogP contribution in [0.2, 0.25) is 0 Å². The number of carbonyl (C=O) groups is 1. The maximum Gasteiger partial charge on any atom is 0.418 e. The van der Waals surface area contributed by atoms with Gasteiger partial charge in [0.15, 0.2) is 9.84 Å². The number of carbonyl (C=O) groups excluding carboxylic acids is 1. The molecule has 0 aliphatic rings. The van der Waals surface area contributed by atoms with Gasteiger partial charge in [0.25, 0.3) is 5.91 Å². The highest BCUT2D eigenvalue weighted by atomic mass is 32.2. The minimum absolute atomic E-state index is 0.0472. The lowest BCUT2D eigenvalue weighted by atomic mass is 10.1. The van der Waals surface area contributed by atoms with Crippen molar-refractivity contribution < 1.29 is 31.1 Å². The first kappa shape index (κ1) is 27.0. The molecule has 4 rings (SSSR count). The topological polar surface area (TPSA) is 77.4 Å². The molecule has 0 atom stereocenters. The number of amides is 1. The molecule has 0 unspecified atom stereocenters. The fourth-order valence-electron chi connectivity index (χ4n) is 4.13. The third-order valence-corrected chi connectivity index (χ3v) is 7.10. The van der Waals surface area contributed by atoms with Crippen LogP contribution in [0.5, 0.6) is 5.75 Å². The van der Waals surface area contributed by atoms with Gasteiger partial charge in [-0.05, 0) is 61.9 Å². The molecule has 38 heavy (non-hydrogen) atoms. The van der Waals surface area contributed by atoms with Crippen LogP contribution in [0, 0.1) is 13.8 Å². The van der Waals surface area contributed by atoms with Crippen LogP contribution in [-0.2, 0) is 22.6 Å². The number of para-hydroxylation sites is 1. The largest absolute Gasteiger partial charge is 0.489 e. The molecule has 0 saturated carbocycles. The molecule has 4 aromatic rings. The van der Waals surface area contributed by atoms with E-state index in [0.29, 0.717) is 22.8 Å². The molecule has 1 amide bonds. The number of aryl methyl sites for hydroxylation is 1. The Morgan fingerprint density at radius 1 is 0.947 bits per heavy atom. The smallest absolute Gasteiger partial charge is 0.418 e. The van der Waals surface area contributed by atoms with Gasteiger partial charge in [-0.2, -0.15) is 13.2 Å². The Bertz CT molecular complexity index is 1590.